The first-order valence-electron chi connectivity index (χ1n) is 6.45. The third kappa shape index (κ3) is 2.28. The van der Waals surface area contributed by atoms with E-state index in [1.807, 2.05) is 0 Å². The van der Waals surface area contributed by atoms with E-state index in [2.05, 4.69) is 15.3 Å². The number of nitrogens with one attached hydrogen (secondary N) is 1. The van der Waals surface area contributed by atoms with Gasteiger partial charge in [-0.2, -0.15) is 0 Å². The van der Waals surface area contributed by atoms with Gasteiger partial charge in [0.25, 0.3) is 11.8 Å². The Morgan fingerprint density at radius 2 is 1.95 bits per heavy atom. The molecule has 0 spiro atoms. The molecular weight excluding hydrogens is 284 g/mol. The number of fused-ring (bicyclic) bond motifs is 1. The van der Waals surface area contributed by atoms with Gasteiger partial charge in [0.15, 0.2) is 5.58 Å². The number of rotatable bonds is 3. The van der Waals surface area contributed by atoms with Crippen LogP contribution >= 0.6 is 0 Å². The largest absolute Gasteiger partial charge is 0.462 e. The molecule has 3 heterocycles. The van der Waals surface area contributed by atoms with Crippen LogP contribution in [-0.2, 0) is 0 Å². The van der Waals surface area contributed by atoms with Gasteiger partial charge < -0.3 is 15.5 Å². The summed E-state index contributed by atoms with van der Waals surface area (Å²) in [6.07, 6.45) is 4.46. The molecule has 22 heavy (non-hydrogen) atoms. The van der Waals surface area contributed by atoms with Crippen LogP contribution in [0.5, 0.6) is 0 Å². The minimum Gasteiger partial charge on any atom is -0.462 e. The van der Waals surface area contributed by atoms with E-state index < -0.39 is 5.91 Å². The minimum atomic E-state index is -0.587. The van der Waals surface area contributed by atoms with Crippen LogP contribution in [0.15, 0.2) is 41.3 Å². The monoisotopic (exact) mass is 296 g/mol. The van der Waals surface area contributed by atoms with Crippen LogP contribution in [0.2, 0.25) is 0 Å². The number of carbonyl (C=O) groups excluding carboxylic acids is 2. The van der Waals surface area contributed by atoms with Crippen LogP contribution < -0.4 is 11.1 Å². The Morgan fingerprint density at radius 1 is 1.18 bits per heavy atom. The van der Waals surface area contributed by atoms with Crippen molar-refractivity contribution in [1.29, 1.82) is 0 Å². The quantitative estimate of drug-likeness (QED) is 0.757. The predicted molar refractivity (Wildman–Crippen MR) is 79.1 cm³/mol. The van der Waals surface area contributed by atoms with E-state index >= 15 is 0 Å². The lowest BCUT2D eigenvalue weighted by Crippen LogP contribution is -2.18. The summed E-state index contributed by atoms with van der Waals surface area (Å²) in [6.45, 7) is 0. The average Bonchev–Trinajstić information content (AvgIpc) is 2.97. The maximum absolute atomic E-state index is 11.5. The zero-order valence-corrected chi connectivity index (χ0v) is 11.7. The number of furan rings is 1. The summed E-state index contributed by atoms with van der Waals surface area (Å²) < 4.78 is 5.30. The summed E-state index contributed by atoms with van der Waals surface area (Å²) in [5.74, 6) is -0.840. The lowest BCUT2D eigenvalue weighted by atomic mass is 10.1. The summed E-state index contributed by atoms with van der Waals surface area (Å²) in [7, 11) is 1.54. The van der Waals surface area contributed by atoms with E-state index in [-0.39, 0.29) is 11.5 Å². The second-order valence-corrected chi connectivity index (χ2v) is 4.60. The summed E-state index contributed by atoms with van der Waals surface area (Å²) in [6, 6.07) is 5.12. The molecule has 7 nitrogen and oxygen atoms in total. The molecule has 3 N–H and O–H groups in total. The first-order valence-corrected chi connectivity index (χ1v) is 6.45. The van der Waals surface area contributed by atoms with Crippen molar-refractivity contribution >= 4 is 22.9 Å². The molecule has 0 aliphatic heterocycles. The number of nitrogens with zero attached hydrogens (tertiary/aromatic N) is 2. The van der Waals surface area contributed by atoms with Gasteiger partial charge in [0.1, 0.15) is 23.0 Å². The molecule has 3 rings (SSSR count). The van der Waals surface area contributed by atoms with Gasteiger partial charge in [-0.25, -0.2) is 0 Å². The molecule has 0 aliphatic carbocycles. The molecule has 0 radical (unpaired) electrons. The van der Waals surface area contributed by atoms with Gasteiger partial charge in [0.05, 0.1) is 0 Å². The molecule has 3 aromatic rings. The van der Waals surface area contributed by atoms with Gasteiger partial charge in [0.2, 0.25) is 0 Å². The molecule has 0 bridgehead atoms. The van der Waals surface area contributed by atoms with Crippen LogP contribution in [0, 0.1) is 0 Å². The smallest absolute Gasteiger partial charge is 0.269 e. The van der Waals surface area contributed by atoms with E-state index in [1.165, 1.54) is 6.26 Å². The van der Waals surface area contributed by atoms with Gasteiger partial charge >= 0.3 is 0 Å². The number of aromatic nitrogens is 2. The van der Waals surface area contributed by atoms with Crippen molar-refractivity contribution in [2.24, 2.45) is 5.73 Å². The first-order chi connectivity index (χ1) is 10.6. The molecule has 0 aromatic carbocycles. The number of hydrogen-bond donors (Lipinski definition) is 2. The fourth-order valence-electron chi connectivity index (χ4n) is 2.07. The molecule has 110 valence electrons. The fourth-order valence-corrected chi connectivity index (χ4v) is 2.07. The van der Waals surface area contributed by atoms with Crippen molar-refractivity contribution in [1.82, 2.24) is 15.3 Å². The summed E-state index contributed by atoms with van der Waals surface area (Å²) in [5, 5.41) is 2.51. The van der Waals surface area contributed by atoms with E-state index in [9.17, 15) is 9.59 Å². The van der Waals surface area contributed by atoms with Crippen LogP contribution in [-0.4, -0.2) is 28.8 Å². The van der Waals surface area contributed by atoms with Crippen LogP contribution in [0.25, 0.3) is 22.2 Å². The number of nitrogens with two attached hydrogens (primary N) is 1. The number of primary amides is 1. The highest BCUT2D eigenvalue weighted by atomic mass is 16.3. The Hall–Kier alpha value is -3.22. The van der Waals surface area contributed by atoms with E-state index in [0.717, 1.165) is 11.1 Å². The molecular formula is C15H12N4O3. The lowest BCUT2D eigenvalue weighted by Gasteiger charge is -2.03. The lowest BCUT2D eigenvalue weighted by molar-refractivity contribution is 0.0956. The molecule has 0 saturated carbocycles. The highest BCUT2D eigenvalue weighted by Gasteiger charge is 2.13. The first kappa shape index (κ1) is 13.7. The topological polar surface area (TPSA) is 111 Å². The van der Waals surface area contributed by atoms with Gasteiger partial charge in [-0.1, -0.05) is 6.07 Å². The van der Waals surface area contributed by atoms with Crippen LogP contribution in [0.3, 0.4) is 0 Å². The normalized spacial score (nSPS) is 10.6. The molecule has 3 aromatic heterocycles. The Balaban J connectivity index is 2.00. The number of hydrogen-bond acceptors (Lipinski definition) is 5. The minimum absolute atomic E-state index is 0.245. The van der Waals surface area contributed by atoms with Gasteiger partial charge in [-0.05, 0) is 12.1 Å². The van der Waals surface area contributed by atoms with Gasteiger partial charge in [-0.3, -0.25) is 19.6 Å². The second-order valence-electron chi connectivity index (χ2n) is 4.60. The van der Waals surface area contributed by atoms with Gasteiger partial charge in [-0.15, -0.1) is 0 Å². The Bertz CT molecular complexity index is 868. The van der Waals surface area contributed by atoms with Crippen molar-refractivity contribution in [3.63, 3.8) is 0 Å². The van der Waals surface area contributed by atoms with Crippen molar-refractivity contribution in [2.45, 2.75) is 0 Å². The summed E-state index contributed by atoms with van der Waals surface area (Å²) in [4.78, 5) is 31.0. The fraction of sp³-hybridized carbons (Fsp3) is 0.0667. The maximum atomic E-state index is 11.5. The Morgan fingerprint density at radius 3 is 2.59 bits per heavy atom. The predicted octanol–water partition coefficient (Wildman–Crippen LogP) is 1.35. The van der Waals surface area contributed by atoms with Crippen LogP contribution in [0.4, 0.5) is 0 Å². The SMILES string of the molecule is CNC(=O)c1ccc(-c2cnc3c(C(N)=O)coc3c2)cn1. The summed E-state index contributed by atoms with van der Waals surface area (Å²) >= 11 is 0. The highest BCUT2D eigenvalue weighted by Crippen LogP contribution is 2.25. The molecule has 0 aliphatic rings. The Labute approximate surface area is 125 Å². The number of pyridine rings is 2. The zero-order valence-electron chi connectivity index (χ0n) is 11.7. The van der Waals surface area contributed by atoms with Crippen molar-refractivity contribution in [2.75, 3.05) is 7.05 Å². The van der Waals surface area contributed by atoms with E-state index in [1.54, 1.807) is 37.6 Å². The molecule has 0 unspecified atom stereocenters. The third-order valence-corrected chi connectivity index (χ3v) is 3.23. The molecule has 0 atom stereocenters. The molecule has 7 heteroatoms. The second kappa shape index (κ2) is 5.28. The van der Waals surface area contributed by atoms with Crippen LogP contribution in [0.1, 0.15) is 20.8 Å². The summed E-state index contributed by atoms with van der Waals surface area (Å²) in [5.41, 5.74) is 8.24. The van der Waals surface area contributed by atoms with Crippen molar-refractivity contribution in [3.05, 3.63) is 48.1 Å². The van der Waals surface area contributed by atoms with E-state index in [0.29, 0.717) is 16.8 Å². The number of amides is 2. The van der Waals surface area contributed by atoms with Crippen molar-refractivity contribution < 1.29 is 14.0 Å². The van der Waals surface area contributed by atoms with Gasteiger partial charge in [0, 0.05) is 30.6 Å². The average molecular weight is 296 g/mol. The molecule has 0 fully saturated rings. The zero-order chi connectivity index (χ0) is 15.7. The number of carbonyl (C=O) groups is 2. The van der Waals surface area contributed by atoms with Crippen molar-refractivity contribution in [3.8, 4) is 11.1 Å². The maximum Gasteiger partial charge on any atom is 0.269 e. The Kier molecular flexibility index (Phi) is 3.30. The molecule has 2 amide bonds. The highest BCUT2D eigenvalue weighted by molar-refractivity contribution is 6.04. The standard InChI is InChI=1S/C15H12N4O3/c1-17-15(21)11-3-2-8(5-18-11)9-4-12-13(19-6-9)10(7-22-12)14(16)20/h2-7H,1H3,(H2,16,20)(H,17,21). The third-order valence-electron chi connectivity index (χ3n) is 3.23. The molecule has 0 saturated heterocycles. The van der Waals surface area contributed by atoms with E-state index in [4.69, 9.17) is 10.2 Å².